The quantitative estimate of drug-likeness (QED) is 0.225. The summed E-state index contributed by atoms with van der Waals surface area (Å²) in [6.07, 6.45) is 5.74. The molecule has 0 atom stereocenters. The van der Waals surface area contributed by atoms with Gasteiger partial charge in [0.25, 0.3) is 0 Å². The van der Waals surface area contributed by atoms with Crippen molar-refractivity contribution in [1.82, 2.24) is 14.8 Å². The van der Waals surface area contributed by atoms with Gasteiger partial charge in [-0.2, -0.15) is 5.10 Å². The molecule has 200 valence electrons. The zero-order chi connectivity index (χ0) is 27.7. The van der Waals surface area contributed by atoms with Gasteiger partial charge in [0, 0.05) is 34.7 Å². The Morgan fingerprint density at radius 2 is 1.57 bits per heavy atom. The van der Waals surface area contributed by atoms with Crippen LogP contribution in [0, 0.1) is 11.2 Å². The van der Waals surface area contributed by atoms with Gasteiger partial charge in [0.1, 0.15) is 22.7 Å². The van der Waals surface area contributed by atoms with Crippen molar-refractivity contribution < 1.29 is 23.1 Å². The molecule has 1 fully saturated rings. The first-order valence-corrected chi connectivity index (χ1v) is 12.6. The summed E-state index contributed by atoms with van der Waals surface area (Å²) in [7, 11) is 0. The number of benzene rings is 3. The van der Waals surface area contributed by atoms with E-state index < -0.39 is 29.8 Å². The lowest BCUT2D eigenvalue weighted by Gasteiger charge is -2.16. The number of amides is 2. The summed E-state index contributed by atoms with van der Waals surface area (Å²) in [6.45, 7) is -0.694. The lowest BCUT2D eigenvalue weighted by atomic mass is 10.0. The molecule has 3 aromatic carbocycles. The van der Waals surface area contributed by atoms with Gasteiger partial charge in [0.2, 0.25) is 11.8 Å². The first kappa shape index (κ1) is 25.2. The Morgan fingerprint density at radius 3 is 2.20 bits per heavy atom. The highest BCUT2D eigenvalue weighted by molar-refractivity contribution is 6.16. The van der Waals surface area contributed by atoms with E-state index in [1.165, 1.54) is 28.9 Å². The molecular formula is C30H23F2N5O3. The number of alkyl halides is 1. The highest BCUT2D eigenvalue weighted by Gasteiger charge is 2.56. The molecule has 2 amide bonds. The molecule has 0 aliphatic heterocycles. The van der Waals surface area contributed by atoms with Gasteiger partial charge < -0.3 is 15.4 Å². The maximum atomic E-state index is 13.1. The molecule has 2 N–H and O–H groups in total. The van der Waals surface area contributed by atoms with Crippen molar-refractivity contribution in [3.63, 3.8) is 0 Å². The van der Waals surface area contributed by atoms with Crippen LogP contribution in [0.3, 0.4) is 0 Å². The van der Waals surface area contributed by atoms with Crippen molar-refractivity contribution in [3.05, 3.63) is 97.2 Å². The smallest absolute Gasteiger partial charge is 0.240 e. The molecule has 1 aliphatic carbocycles. The molecule has 2 heterocycles. The predicted octanol–water partition coefficient (Wildman–Crippen LogP) is 6.31. The Kier molecular flexibility index (Phi) is 6.43. The van der Waals surface area contributed by atoms with Crippen molar-refractivity contribution in [2.24, 2.45) is 5.41 Å². The second-order valence-electron chi connectivity index (χ2n) is 9.55. The number of hydrogen-bond acceptors (Lipinski definition) is 5. The van der Waals surface area contributed by atoms with E-state index >= 15 is 0 Å². The molecule has 0 spiro atoms. The van der Waals surface area contributed by atoms with Crippen molar-refractivity contribution in [3.8, 4) is 22.6 Å². The number of nitrogens with zero attached hydrogens (tertiary/aromatic N) is 3. The Labute approximate surface area is 227 Å². The molecule has 0 radical (unpaired) electrons. The summed E-state index contributed by atoms with van der Waals surface area (Å²) >= 11 is 0. The molecule has 0 bridgehead atoms. The average molecular weight is 540 g/mol. The lowest BCUT2D eigenvalue weighted by Crippen LogP contribution is -2.35. The van der Waals surface area contributed by atoms with Crippen molar-refractivity contribution in [2.45, 2.75) is 19.6 Å². The molecule has 10 heteroatoms. The van der Waals surface area contributed by atoms with E-state index in [1.54, 1.807) is 48.9 Å². The van der Waals surface area contributed by atoms with Gasteiger partial charge in [0.15, 0.2) is 6.80 Å². The van der Waals surface area contributed by atoms with Gasteiger partial charge in [-0.15, -0.1) is 0 Å². The summed E-state index contributed by atoms with van der Waals surface area (Å²) < 4.78 is 33.3. The standard InChI is InChI=1S/C30H23F2N5O3/c31-18-37-17-20(16-34-37)19-1-10-25-26(15-19)33-14-11-27(25)40-24-8-6-23(7-9-24)36-29(39)30(12-13-30)28(38)35-22-4-2-21(32)3-5-22/h1-11,14-17H,12-13,18H2,(H,35,38)(H,36,39). The van der Waals surface area contributed by atoms with E-state index in [0.29, 0.717) is 41.2 Å². The van der Waals surface area contributed by atoms with E-state index in [9.17, 15) is 18.4 Å². The van der Waals surface area contributed by atoms with Crippen LogP contribution >= 0.6 is 0 Å². The third kappa shape index (κ3) is 4.98. The number of ether oxygens (including phenoxy) is 1. The van der Waals surface area contributed by atoms with Crippen LogP contribution in [0.1, 0.15) is 12.8 Å². The molecule has 40 heavy (non-hydrogen) atoms. The van der Waals surface area contributed by atoms with Gasteiger partial charge in [0.05, 0.1) is 11.7 Å². The number of hydrogen-bond donors (Lipinski definition) is 2. The van der Waals surface area contributed by atoms with Crippen LogP contribution in [-0.2, 0) is 16.4 Å². The molecular weight excluding hydrogens is 516 g/mol. The number of pyridine rings is 1. The van der Waals surface area contributed by atoms with Gasteiger partial charge in [-0.3, -0.25) is 14.6 Å². The fourth-order valence-corrected chi connectivity index (χ4v) is 4.42. The summed E-state index contributed by atoms with van der Waals surface area (Å²) in [4.78, 5) is 30.2. The second-order valence-corrected chi connectivity index (χ2v) is 9.55. The van der Waals surface area contributed by atoms with Crippen LogP contribution in [0.5, 0.6) is 11.5 Å². The Balaban J connectivity index is 1.12. The largest absolute Gasteiger partial charge is 0.457 e. The number of halogens is 2. The number of nitrogens with one attached hydrogen (secondary N) is 2. The Hall–Kier alpha value is -5.12. The van der Waals surface area contributed by atoms with Crippen LogP contribution < -0.4 is 15.4 Å². The molecule has 2 aromatic heterocycles. The number of carbonyl (C=O) groups excluding carboxylic acids is 2. The molecule has 1 saturated carbocycles. The average Bonchev–Trinajstić information content (AvgIpc) is 3.66. The van der Waals surface area contributed by atoms with Gasteiger partial charge >= 0.3 is 0 Å². The maximum absolute atomic E-state index is 13.1. The predicted molar refractivity (Wildman–Crippen MR) is 146 cm³/mol. The summed E-state index contributed by atoms with van der Waals surface area (Å²) in [5.41, 5.74) is 2.16. The maximum Gasteiger partial charge on any atom is 0.240 e. The van der Waals surface area contributed by atoms with Crippen molar-refractivity contribution in [2.75, 3.05) is 10.6 Å². The van der Waals surface area contributed by atoms with E-state index in [-0.39, 0.29) is 0 Å². The normalized spacial score (nSPS) is 13.6. The summed E-state index contributed by atoms with van der Waals surface area (Å²) in [5, 5.41) is 10.3. The fraction of sp³-hybridized carbons (Fsp3) is 0.133. The minimum absolute atomic E-state index is 0.395. The topological polar surface area (TPSA) is 98.1 Å². The molecule has 5 aromatic rings. The molecule has 1 aliphatic rings. The number of anilines is 2. The van der Waals surface area contributed by atoms with E-state index in [1.807, 2.05) is 18.2 Å². The number of aromatic nitrogens is 3. The minimum Gasteiger partial charge on any atom is -0.457 e. The summed E-state index contributed by atoms with van der Waals surface area (Å²) in [6, 6.07) is 19.7. The summed E-state index contributed by atoms with van der Waals surface area (Å²) in [5.74, 6) is -0.0685. The minimum atomic E-state index is -1.15. The van der Waals surface area contributed by atoms with Crippen LogP contribution in [0.4, 0.5) is 20.2 Å². The van der Waals surface area contributed by atoms with Gasteiger partial charge in [-0.1, -0.05) is 6.07 Å². The number of rotatable bonds is 8. The van der Waals surface area contributed by atoms with Crippen LogP contribution in [0.15, 0.2) is 91.4 Å². The molecule has 0 saturated heterocycles. The van der Waals surface area contributed by atoms with Crippen LogP contribution in [0.2, 0.25) is 0 Å². The lowest BCUT2D eigenvalue weighted by molar-refractivity contribution is -0.131. The van der Waals surface area contributed by atoms with Gasteiger partial charge in [-0.25, -0.2) is 13.5 Å². The zero-order valence-electron chi connectivity index (χ0n) is 21.1. The number of fused-ring (bicyclic) bond motifs is 1. The van der Waals surface area contributed by atoms with Gasteiger partial charge in [-0.05, 0) is 85.1 Å². The monoisotopic (exact) mass is 539 g/mol. The zero-order valence-corrected chi connectivity index (χ0v) is 21.1. The highest BCUT2D eigenvalue weighted by Crippen LogP contribution is 2.47. The third-order valence-electron chi connectivity index (χ3n) is 6.85. The molecule has 8 nitrogen and oxygen atoms in total. The SMILES string of the molecule is O=C(Nc1ccc(F)cc1)C1(C(=O)Nc2ccc(Oc3ccnc4cc(-c5cnn(CF)c5)ccc34)cc2)CC1. The van der Waals surface area contributed by atoms with E-state index in [0.717, 1.165) is 16.5 Å². The Morgan fingerprint density at radius 1 is 0.900 bits per heavy atom. The third-order valence-corrected chi connectivity index (χ3v) is 6.85. The fourth-order valence-electron chi connectivity index (χ4n) is 4.42. The molecule has 6 rings (SSSR count). The first-order valence-electron chi connectivity index (χ1n) is 12.6. The van der Waals surface area contributed by atoms with Crippen molar-refractivity contribution >= 4 is 34.1 Å². The Bertz CT molecular complexity index is 1710. The van der Waals surface area contributed by atoms with E-state index in [4.69, 9.17) is 4.74 Å². The van der Waals surface area contributed by atoms with E-state index in [2.05, 4.69) is 20.7 Å². The van der Waals surface area contributed by atoms with Crippen molar-refractivity contribution in [1.29, 1.82) is 0 Å². The highest BCUT2D eigenvalue weighted by atomic mass is 19.1. The number of carbonyl (C=O) groups is 2. The van der Waals surface area contributed by atoms with Crippen LogP contribution in [0.25, 0.3) is 22.0 Å². The second kappa shape index (κ2) is 10.2. The molecule has 0 unspecified atom stereocenters. The first-order chi connectivity index (χ1) is 19.4. The van der Waals surface area contributed by atoms with Crippen LogP contribution in [-0.4, -0.2) is 26.6 Å².